The number of rotatable bonds is 1. The highest BCUT2D eigenvalue weighted by molar-refractivity contribution is 6.23. The van der Waals surface area contributed by atoms with Crippen LogP contribution in [0, 0.1) is 5.92 Å². The lowest BCUT2D eigenvalue weighted by molar-refractivity contribution is 0.0576. The Bertz CT molecular complexity index is 1690. The molecule has 4 aromatic carbocycles. The molecule has 1 atom stereocenters. The first-order valence-corrected chi connectivity index (χ1v) is 13.3. The second-order valence-electron chi connectivity index (χ2n) is 11.2. The molecule has 196 valence electrons. The largest absolute Gasteiger partial charge is 0.497 e. The van der Waals surface area contributed by atoms with E-state index in [-0.39, 0.29) is 17.8 Å². The van der Waals surface area contributed by atoms with Crippen LogP contribution in [0.3, 0.4) is 0 Å². The topological polar surface area (TPSA) is 55.8 Å². The molecule has 0 aromatic heterocycles. The molecule has 5 heteroatoms. The Labute approximate surface area is 228 Å². The summed E-state index contributed by atoms with van der Waals surface area (Å²) in [4.78, 5) is 28.9. The van der Waals surface area contributed by atoms with Gasteiger partial charge in [-0.25, -0.2) is 4.79 Å². The number of ketones is 1. The minimum Gasteiger partial charge on any atom is -0.497 e. The van der Waals surface area contributed by atoms with Gasteiger partial charge in [0.2, 0.25) is 0 Å². The highest BCUT2D eigenvalue weighted by Gasteiger charge is 2.38. The maximum atomic E-state index is 13.6. The lowest BCUT2D eigenvalue weighted by atomic mass is 9.73. The Morgan fingerprint density at radius 1 is 0.872 bits per heavy atom. The van der Waals surface area contributed by atoms with Crippen LogP contribution >= 0.6 is 0 Å². The molecule has 1 amide bonds. The standard InChI is InChI=1S/C34H31NO4/c1-20-19-35(33(37)39-34(2,3)4)28-17-14-21-10-6-7-11-23(21)31(28)29(20)30-24-12-8-9-13-25(24)32(36)26-16-15-22(38-5)18-27(26)30/h6-18,20H,19H2,1-5H3/b30-29+/t20-/m0/s1. The second-order valence-corrected chi connectivity index (χ2v) is 11.2. The van der Waals surface area contributed by atoms with Gasteiger partial charge in [-0.1, -0.05) is 61.5 Å². The van der Waals surface area contributed by atoms with E-state index in [9.17, 15) is 9.59 Å². The number of ether oxygens (including phenoxy) is 2. The smallest absolute Gasteiger partial charge is 0.414 e. The summed E-state index contributed by atoms with van der Waals surface area (Å²) in [6.45, 7) is 8.24. The van der Waals surface area contributed by atoms with Crippen LogP contribution in [0.4, 0.5) is 10.5 Å². The van der Waals surface area contributed by atoms with Crippen LogP contribution in [-0.4, -0.2) is 31.1 Å². The summed E-state index contributed by atoms with van der Waals surface area (Å²) < 4.78 is 11.4. The third-order valence-corrected chi connectivity index (χ3v) is 7.48. The predicted molar refractivity (Wildman–Crippen MR) is 155 cm³/mol. The fraction of sp³-hybridized carbons (Fsp3) is 0.235. The molecule has 1 aliphatic heterocycles. The van der Waals surface area contributed by atoms with E-state index in [1.54, 1.807) is 12.0 Å². The Hall–Kier alpha value is -4.38. The number of amides is 1. The first-order valence-electron chi connectivity index (χ1n) is 13.3. The highest BCUT2D eigenvalue weighted by Crippen LogP contribution is 2.50. The number of carbonyl (C=O) groups is 2. The van der Waals surface area contributed by atoms with E-state index in [0.717, 1.165) is 44.3 Å². The van der Waals surface area contributed by atoms with Crippen molar-refractivity contribution in [3.63, 3.8) is 0 Å². The van der Waals surface area contributed by atoms with Gasteiger partial charge in [-0.2, -0.15) is 0 Å². The van der Waals surface area contributed by atoms with Crippen molar-refractivity contribution in [2.24, 2.45) is 5.92 Å². The van der Waals surface area contributed by atoms with Gasteiger partial charge in [-0.05, 0) is 78.1 Å². The van der Waals surface area contributed by atoms with Gasteiger partial charge >= 0.3 is 6.09 Å². The molecule has 0 unspecified atom stereocenters. The third-order valence-electron chi connectivity index (χ3n) is 7.48. The van der Waals surface area contributed by atoms with E-state index in [2.05, 4.69) is 25.1 Å². The Morgan fingerprint density at radius 2 is 1.56 bits per heavy atom. The van der Waals surface area contributed by atoms with Crippen molar-refractivity contribution in [3.8, 4) is 5.75 Å². The minimum absolute atomic E-state index is 0.00425. The number of carbonyl (C=O) groups excluding carboxylic acids is 2. The normalized spacial score (nSPS) is 18.3. The fourth-order valence-electron chi connectivity index (χ4n) is 5.87. The molecular weight excluding hydrogens is 486 g/mol. The van der Waals surface area contributed by atoms with Crippen LogP contribution in [-0.2, 0) is 4.74 Å². The van der Waals surface area contributed by atoms with Crippen molar-refractivity contribution in [2.45, 2.75) is 33.3 Å². The fourth-order valence-corrected chi connectivity index (χ4v) is 5.87. The van der Waals surface area contributed by atoms with E-state index in [0.29, 0.717) is 23.4 Å². The maximum absolute atomic E-state index is 13.6. The first kappa shape index (κ1) is 24.9. The van der Waals surface area contributed by atoms with Crippen LogP contribution in [0.1, 0.15) is 60.3 Å². The zero-order valence-electron chi connectivity index (χ0n) is 22.9. The van der Waals surface area contributed by atoms with Crippen molar-refractivity contribution >= 4 is 39.5 Å². The van der Waals surface area contributed by atoms with Gasteiger partial charge in [0.15, 0.2) is 5.78 Å². The van der Waals surface area contributed by atoms with Crippen LogP contribution in [0.25, 0.3) is 21.9 Å². The molecule has 0 fully saturated rings. The number of benzene rings is 4. The van der Waals surface area contributed by atoms with E-state index in [1.165, 1.54) is 0 Å². The molecule has 0 spiro atoms. The number of methoxy groups -OCH3 is 1. The molecule has 6 rings (SSSR count). The third kappa shape index (κ3) is 4.09. The monoisotopic (exact) mass is 517 g/mol. The summed E-state index contributed by atoms with van der Waals surface area (Å²) in [5.41, 5.74) is 6.38. The molecule has 0 saturated heterocycles. The molecule has 0 radical (unpaired) electrons. The van der Waals surface area contributed by atoms with Crippen LogP contribution in [0.15, 0.2) is 78.9 Å². The van der Waals surface area contributed by atoms with Crippen molar-refractivity contribution in [3.05, 3.63) is 107 Å². The summed E-state index contributed by atoms with van der Waals surface area (Å²) >= 11 is 0. The Kier molecular flexibility index (Phi) is 5.83. The number of anilines is 1. The molecule has 0 saturated carbocycles. The zero-order valence-corrected chi connectivity index (χ0v) is 22.9. The van der Waals surface area contributed by atoms with E-state index < -0.39 is 5.60 Å². The highest BCUT2D eigenvalue weighted by atomic mass is 16.6. The van der Waals surface area contributed by atoms with Gasteiger partial charge < -0.3 is 9.47 Å². The van der Waals surface area contributed by atoms with E-state index in [4.69, 9.17) is 9.47 Å². The Morgan fingerprint density at radius 3 is 2.31 bits per heavy atom. The quantitative estimate of drug-likeness (QED) is 0.228. The maximum Gasteiger partial charge on any atom is 0.414 e. The van der Waals surface area contributed by atoms with Gasteiger partial charge in [-0.15, -0.1) is 0 Å². The Balaban J connectivity index is 1.72. The van der Waals surface area contributed by atoms with Crippen LogP contribution in [0.5, 0.6) is 5.75 Å². The molecular formula is C34H31NO4. The minimum atomic E-state index is -0.617. The van der Waals surface area contributed by atoms with E-state index in [1.807, 2.05) is 81.4 Å². The zero-order chi connectivity index (χ0) is 27.5. The van der Waals surface area contributed by atoms with E-state index >= 15 is 0 Å². The van der Waals surface area contributed by atoms with Gasteiger partial charge in [0.05, 0.1) is 12.8 Å². The molecule has 5 nitrogen and oxygen atoms in total. The van der Waals surface area contributed by atoms with Crippen molar-refractivity contribution in [1.29, 1.82) is 0 Å². The molecule has 0 bridgehead atoms. The second kappa shape index (κ2) is 9.12. The summed E-state index contributed by atoms with van der Waals surface area (Å²) in [6.07, 6.45) is -0.365. The van der Waals surface area contributed by atoms with Gasteiger partial charge in [0.25, 0.3) is 0 Å². The number of nitrogens with zero attached hydrogens (tertiary/aromatic N) is 1. The number of hydrogen-bond donors (Lipinski definition) is 0. The molecule has 2 aliphatic rings. The molecule has 1 heterocycles. The van der Waals surface area contributed by atoms with Crippen molar-refractivity contribution in [2.75, 3.05) is 18.6 Å². The van der Waals surface area contributed by atoms with Crippen LogP contribution in [0.2, 0.25) is 0 Å². The summed E-state index contributed by atoms with van der Waals surface area (Å²) in [5, 5.41) is 2.13. The lowest BCUT2D eigenvalue weighted by Gasteiger charge is -2.38. The summed E-state index contributed by atoms with van der Waals surface area (Å²) in [6, 6.07) is 25.8. The molecule has 1 aliphatic carbocycles. The molecule has 39 heavy (non-hydrogen) atoms. The number of fused-ring (bicyclic) bond motifs is 5. The molecule has 0 N–H and O–H groups in total. The number of hydrogen-bond acceptors (Lipinski definition) is 4. The van der Waals surface area contributed by atoms with Gasteiger partial charge in [-0.3, -0.25) is 9.69 Å². The summed E-state index contributed by atoms with van der Waals surface area (Å²) in [7, 11) is 1.64. The lowest BCUT2D eigenvalue weighted by Crippen LogP contribution is -2.42. The van der Waals surface area contributed by atoms with Crippen LogP contribution < -0.4 is 9.64 Å². The van der Waals surface area contributed by atoms with Crippen molar-refractivity contribution in [1.82, 2.24) is 0 Å². The first-order chi connectivity index (χ1) is 18.7. The average molecular weight is 518 g/mol. The summed E-state index contributed by atoms with van der Waals surface area (Å²) in [5.74, 6) is 0.645. The predicted octanol–water partition coefficient (Wildman–Crippen LogP) is 7.74. The van der Waals surface area contributed by atoms with Gasteiger partial charge in [0.1, 0.15) is 11.4 Å². The molecule has 4 aromatic rings. The SMILES string of the molecule is COc1ccc2c(c1)/C(=C1/c3c(ccc4ccccc34)N(C(=O)OC(C)(C)C)C[C@@H]1C)c1ccccc1C2=O. The average Bonchev–Trinajstić information content (AvgIpc) is 2.92. The van der Waals surface area contributed by atoms with Crippen molar-refractivity contribution < 1.29 is 19.1 Å². The van der Waals surface area contributed by atoms with Gasteiger partial charge in [0, 0.05) is 29.2 Å².